The molecular weight excluding hydrogens is 226 g/mol. The molecule has 2 aliphatic heterocycles. The van der Waals surface area contributed by atoms with E-state index in [2.05, 4.69) is 16.8 Å². The zero-order valence-corrected chi connectivity index (χ0v) is 10.7. The summed E-state index contributed by atoms with van der Waals surface area (Å²) in [6.07, 6.45) is 5.84. The maximum absolute atomic E-state index is 12.4. The van der Waals surface area contributed by atoms with Crippen LogP contribution in [0.3, 0.4) is 0 Å². The topological polar surface area (TPSA) is 36.4 Å². The molecule has 2 saturated heterocycles. The van der Waals surface area contributed by atoms with Gasteiger partial charge in [-0.15, -0.1) is 0 Å². The van der Waals surface area contributed by atoms with Gasteiger partial charge < -0.3 is 4.90 Å². The smallest absolute Gasteiger partial charge is 0.254 e. The average Bonchev–Trinajstić information content (AvgIpc) is 2.67. The zero-order valence-electron chi connectivity index (χ0n) is 10.7. The van der Waals surface area contributed by atoms with Gasteiger partial charge in [-0.3, -0.25) is 14.7 Å². The molecule has 18 heavy (non-hydrogen) atoms. The molecule has 0 aliphatic carbocycles. The fourth-order valence-corrected chi connectivity index (χ4v) is 3.35. The van der Waals surface area contributed by atoms with E-state index in [0.29, 0.717) is 12.1 Å². The number of pyridine rings is 1. The van der Waals surface area contributed by atoms with Crippen LogP contribution in [0.4, 0.5) is 0 Å². The number of nitrogens with zero attached hydrogens (tertiary/aromatic N) is 3. The summed E-state index contributed by atoms with van der Waals surface area (Å²) in [7, 11) is 0. The van der Waals surface area contributed by atoms with Crippen LogP contribution in [0.5, 0.6) is 0 Å². The Bertz CT molecular complexity index is 420. The van der Waals surface area contributed by atoms with E-state index < -0.39 is 0 Å². The molecule has 2 bridgehead atoms. The van der Waals surface area contributed by atoms with Crippen molar-refractivity contribution in [3.63, 3.8) is 0 Å². The van der Waals surface area contributed by atoms with E-state index in [1.54, 1.807) is 24.5 Å². The summed E-state index contributed by atoms with van der Waals surface area (Å²) < 4.78 is 0. The van der Waals surface area contributed by atoms with Crippen molar-refractivity contribution in [3.05, 3.63) is 30.1 Å². The quantitative estimate of drug-likeness (QED) is 0.790. The number of amides is 1. The maximum atomic E-state index is 12.4. The second kappa shape index (κ2) is 4.69. The van der Waals surface area contributed by atoms with E-state index in [9.17, 15) is 4.79 Å². The molecule has 3 rings (SSSR count). The summed E-state index contributed by atoms with van der Waals surface area (Å²) in [5.41, 5.74) is 0.759. The van der Waals surface area contributed by atoms with Crippen LogP contribution in [-0.2, 0) is 0 Å². The van der Waals surface area contributed by atoms with Crippen molar-refractivity contribution < 1.29 is 4.79 Å². The van der Waals surface area contributed by atoms with Crippen LogP contribution in [0, 0.1) is 0 Å². The standard InChI is InChI=1S/C14H19N3O/c1-2-17-12-3-4-13(17)10-16(9-12)14(18)11-5-7-15-8-6-11/h5-8,12-13H,2-4,9-10H2,1H3. The molecule has 2 aliphatic rings. The summed E-state index contributed by atoms with van der Waals surface area (Å²) in [5, 5.41) is 0. The molecular formula is C14H19N3O. The van der Waals surface area contributed by atoms with Gasteiger partial charge in [0.2, 0.25) is 0 Å². The number of likely N-dealkylation sites (N-methyl/N-ethyl adjacent to an activating group) is 1. The van der Waals surface area contributed by atoms with Crippen molar-refractivity contribution in [1.82, 2.24) is 14.8 Å². The minimum atomic E-state index is 0.157. The third kappa shape index (κ3) is 1.90. The second-order valence-electron chi connectivity index (χ2n) is 5.16. The van der Waals surface area contributed by atoms with E-state index in [0.717, 1.165) is 25.2 Å². The predicted octanol–water partition coefficient (Wildman–Crippen LogP) is 1.39. The first-order chi connectivity index (χ1) is 8.79. The van der Waals surface area contributed by atoms with Gasteiger partial charge in [0.15, 0.2) is 0 Å². The van der Waals surface area contributed by atoms with E-state index in [1.165, 1.54) is 12.8 Å². The van der Waals surface area contributed by atoms with Gasteiger partial charge in [-0.1, -0.05) is 6.92 Å². The van der Waals surface area contributed by atoms with Crippen molar-refractivity contribution in [2.24, 2.45) is 0 Å². The Kier molecular flexibility index (Phi) is 3.04. The van der Waals surface area contributed by atoms with Crippen molar-refractivity contribution in [2.45, 2.75) is 31.8 Å². The fraction of sp³-hybridized carbons (Fsp3) is 0.571. The fourth-order valence-electron chi connectivity index (χ4n) is 3.35. The van der Waals surface area contributed by atoms with Gasteiger partial charge in [0.25, 0.3) is 5.91 Å². The molecule has 0 N–H and O–H groups in total. The summed E-state index contributed by atoms with van der Waals surface area (Å²) in [6.45, 7) is 5.08. The molecule has 1 aromatic rings. The lowest BCUT2D eigenvalue weighted by Gasteiger charge is -2.40. The van der Waals surface area contributed by atoms with Crippen molar-refractivity contribution in [1.29, 1.82) is 0 Å². The van der Waals surface area contributed by atoms with Gasteiger partial charge >= 0.3 is 0 Å². The molecule has 0 saturated carbocycles. The lowest BCUT2D eigenvalue weighted by molar-refractivity contribution is 0.0466. The Hall–Kier alpha value is -1.42. The molecule has 0 radical (unpaired) electrons. The highest BCUT2D eigenvalue weighted by Gasteiger charge is 2.40. The van der Waals surface area contributed by atoms with E-state index in [-0.39, 0.29) is 5.91 Å². The molecule has 3 heterocycles. The number of carbonyl (C=O) groups is 1. The lowest BCUT2D eigenvalue weighted by Crippen LogP contribution is -2.55. The minimum absolute atomic E-state index is 0.157. The third-order valence-corrected chi connectivity index (χ3v) is 4.21. The molecule has 4 nitrogen and oxygen atoms in total. The van der Waals surface area contributed by atoms with Gasteiger partial charge in [-0.25, -0.2) is 0 Å². The molecule has 0 spiro atoms. The monoisotopic (exact) mass is 245 g/mol. The number of fused-ring (bicyclic) bond motifs is 2. The zero-order chi connectivity index (χ0) is 12.5. The molecule has 4 heteroatoms. The van der Waals surface area contributed by atoms with Crippen molar-refractivity contribution in [3.8, 4) is 0 Å². The minimum Gasteiger partial charge on any atom is -0.336 e. The summed E-state index contributed by atoms with van der Waals surface area (Å²) in [5.74, 6) is 0.157. The van der Waals surface area contributed by atoms with Crippen LogP contribution in [0.15, 0.2) is 24.5 Å². The summed E-state index contributed by atoms with van der Waals surface area (Å²) >= 11 is 0. The van der Waals surface area contributed by atoms with Gasteiger partial charge in [0.1, 0.15) is 0 Å². The van der Waals surface area contributed by atoms with Crippen LogP contribution in [-0.4, -0.2) is 52.4 Å². The van der Waals surface area contributed by atoms with E-state index in [1.807, 2.05) is 4.90 Å². The van der Waals surface area contributed by atoms with Gasteiger partial charge in [0, 0.05) is 43.1 Å². The highest BCUT2D eigenvalue weighted by molar-refractivity contribution is 5.94. The first-order valence-electron chi connectivity index (χ1n) is 6.74. The van der Waals surface area contributed by atoms with Gasteiger partial charge in [0.05, 0.1) is 0 Å². The highest BCUT2D eigenvalue weighted by atomic mass is 16.2. The van der Waals surface area contributed by atoms with E-state index in [4.69, 9.17) is 0 Å². The van der Waals surface area contributed by atoms with Crippen LogP contribution in [0.2, 0.25) is 0 Å². The normalized spacial score (nSPS) is 27.5. The van der Waals surface area contributed by atoms with E-state index >= 15 is 0 Å². The summed E-state index contributed by atoms with van der Waals surface area (Å²) in [4.78, 5) is 20.9. The first kappa shape index (κ1) is 11.7. The number of rotatable bonds is 2. The largest absolute Gasteiger partial charge is 0.336 e. The van der Waals surface area contributed by atoms with Gasteiger partial charge in [-0.05, 0) is 31.5 Å². The molecule has 2 unspecified atom stereocenters. The number of hydrogen-bond acceptors (Lipinski definition) is 3. The Morgan fingerprint density at radius 1 is 1.28 bits per heavy atom. The van der Waals surface area contributed by atoms with Crippen LogP contribution >= 0.6 is 0 Å². The molecule has 96 valence electrons. The Morgan fingerprint density at radius 2 is 1.89 bits per heavy atom. The van der Waals surface area contributed by atoms with Crippen molar-refractivity contribution in [2.75, 3.05) is 19.6 Å². The molecule has 1 amide bonds. The molecule has 0 aromatic carbocycles. The second-order valence-corrected chi connectivity index (χ2v) is 5.16. The van der Waals surface area contributed by atoms with Crippen LogP contribution in [0.1, 0.15) is 30.1 Å². The number of aromatic nitrogens is 1. The molecule has 2 atom stereocenters. The Morgan fingerprint density at radius 3 is 2.44 bits per heavy atom. The number of carbonyl (C=O) groups excluding carboxylic acids is 1. The number of hydrogen-bond donors (Lipinski definition) is 0. The van der Waals surface area contributed by atoms with Crippen LogP contribution < -0.4 is 0 Å². The number of piperazine rings is 1. The predicted molar refractivity (Wildman–Crippen MR) is 69.3 cm³/mol. The number of likely N-dealkylation sites (tertiary alicyclic amines) is 1. The Labute approximate surface area is 108 Å². The third-order valence-electron chi connectivity index (χ3n) is 4.21. The highest BCUT2D eigenvalue weighted by Crippen LogP contribution is 2.30. The van der Waals surface area contributed by atoms with Gasteiger partial charge in [-0.2, -0.15) is 0 Å². The van der Waals surface area contributed by atoms with Crippen molar-refractivity contribution >= 4 is 5.91 Å². The first-order valence-corrected chi connectivity index (χ1v) is 6.74. The SMILES string of the molecule is CCN1C2CCC1CN(C(=O)c1ccncc1)C2. The maximum Gasteiger partial charge on any atom is 0.254 e. The molecule has 2 fully saturated rings. The molecule has 1 aromatic heterocycles. The van der Waals surface area contributed by atoms with Crippen LogP contribution in [0.25, 0.3) is 0 Å². The average molecular weight is 245 g/mol. The summed E-state index contributed by atoms with van der Waals surface area (Å²) in [6, 6.07) is 4.74. The lowest BCUT2D eigenvalue weighted by atomic mass is 10.1. The Balaban J connectivity index is 1.75.